The Morgan fingerprint density at radius 2 is 1.76 bits per heavy atom. The van der Waals surface area contributed by atoms with Crippen molar-refractivity contribution in [3.63, 3.8) is 0 Å². The zero-order valence-corrected chi connectivity index (χ0v) is 12.4. The molecule has 110 valence electrons. The van der Waals surface area contributed by atoms with Gasteiger partial charge in [-0.05, 0) is 24.6 Å². The van der Waals surface area contributed by atoms with Crippen LogP contribution in [0.3, 0.4) is 0 Å². The van der Waals surface area contributed by atoms with Crippen LogP contribution in [-0.2, 0) is 4.79 Å². The van der Waals surface area contributed by atoms with Crippen LogP contribution in [-0.4, -0.2) is 20.1 Å². The molecule has 2 aromatic carbocycles. The lowest BCUT2D eigenvalue weighted by molar-refractivity contribution is -0.117. The van der Waals surface area contributed by atoms with Crippen LogP contribution in [0.2, 0.25) is 0 Å². The summed E-state index contributed by atoms with van der Waals surface area (Å²) in [7, 11) is 3.15. The molecule has 2 aromatic rings. The minimum Gasteiger partial charge on any atom is -0.497 e. The average Bonchev–Trinajstić information content (AvgIpc) is 2.55. The number of nitrogens with one attached hydrogen (secondary N) is 1. The molecule has 0 radical (unpaired) electrons. The third kappa shape index (κ3) is 3.54. The second-order valence-corrected chi connectivity index (χ2v) is 4.69. The Morgan fingerprint density at radius 1 is 1.05 bits per heavy atom. The lowest BCUT2D eigenvalue weighted by atomic mass is 10.0. The molecule has 0 fully saturated rings. The number of carbonyl (C=O) groups is 1. The van der Waals surface area contributed by atoms with Crippen LogP contribution in [0.5, 0.6) is 11.5 Å². The van der Waals surface area contributed by atoms with Gasteiger partial charge in [0.2, 0.25) is 5.91 Å². The highest BCUT2D eigenvalue weighted by molar-refractivity contribution is 5.96. The summed E-state index contributed by atoms with van der Waals surface area (Å²) in [5.41, 5.74) is 1.61. The number of hydrogen-bond acceptors (Lipinski definition) is 3. The molecule has 0 aliphatic rings. The van der Waals surface area contributed by atoms with Gasteiger partial charge in [-0.2, -0.15) is 0 Å². The largest absolute Gasteiger partial charge is 0.497 e. The molecule has 0 bridgehead atoms. The topological polar surface area (TPSA) is 47.6 Å². The van der Waals surface area contributed by atoms with Gasteiger partial charge in [-0.1, -0.05) is 30.3 Å². The zero-order chi connectivity index (χ0) is 15.2. The van der Waals surface area contributed by atoms with Crippen LogP contribution in [0.25, 0.3) is 0 Å². The van der Waals surface area contributed by atoms with Crippen LogP contribution in [0.1, 0.15) is 18.4 Å². The summed E-state index contributed by atoms with van der Waals surface area (Å²) in [6.07, 6.45) is 0. The molecule has 1 N–H and O–H groups in total. The predicted octanol–water partition coefficient (Wildman–Crippen LogP) is 3.45. The molecule has 1 unspecified atom stereocenters. The first-order valence-corrected chi connectivity index (χ1v) is 6.73. The van der Waals surface area contributed by atoms with Crippen LogP contribution >= 0.6 is 0 Å². The van der Waals surface area contributed by atoms with Gasteiger partial charge in [-0.15, -0.1) is 0 Å². The van der Waals surface area contributed by atoms with Crippen LogP contribution in [0.4, 0.5) is 5.69 Å². The Balaban J connectivity index is 2.16. The normalized spacial score (nSPS) is 11.6. The molecule has 0 aliphatic heterocycles. The molecule has 0 spiro atoms. The zero-order valence-electron chi connectivity index (χ0n) is 12.4. The van der Waals surface area contributed by atoms with Crippen LogP contribution in [0, 0.1) is 0 Å². The Labute approximate surface area is 124 Å². The monoisotopic (exact) mass is 285 g/mol. The molecular formula is C17H19NO3. The number of methoxy groups -OCH3 is 2. The molecule has 21 heavy (non-hydrogen) atoms. The number of amides is 1. The Bertz CT molecular complexity index is 611. The molecule has 4 nitrogen and oxygen atoms in total. The van der Waals surface area contributed by atoms with E-state index in [0.717, 1.165) is 5.56 Å². The number of hydrogen-bond donors (Lipinski definition) is 1. The predicted molar refractivity (Wildman–Crippen MR) is 83.0 cm³/mol. The summed E-state index contributed by atoms with van der Waals surface area (Å²) in [4.78, 5) is 12.3. The number of benzene rings is 2. The maximum atomic E-state index is 12.3. The summed E-state index contributed by atoms with van der Waals surface area (Å²) in [5, 5.41) is 2.89. The van der Waals surface area contributed by atoms with E-state index < -0.39 is 0 Å². The van der Waals surface area contributed by atoms with Crippen molar-refractivity contribution in [1.82, 2.24) is 0 Å². The van der Waals surface area contributed by atoms with E-state index in [0.29, 0.717) is 17.2 Å². The molecule has 0 aromatic heterocycles. The fourth-order valence-electron chi connectivity index (χ4n) is 2.04. The van der Waals surface area contributed by atoms with Gasteiger partial charge in [0.15, 0.2) is 0 Å². The molecular weight excluding hydrogens is 266 g/mol. The van der Waals surface area contributed by atoms with Gasteiger partial charge in [-0.3, -0.25) is 4.79 Å². The standard InChI is InChI=1S/C17H19NO3/c1-12(13-7-5-4-6-8-13)17(19)18-15-10-9-14(20-2)11-16(15)21-3/h4-12H,1-3H3,(H,18,19). The molecule has 0 heterocycles. The molecule has 0 aliphatic carbocycles. The smallest absolute Gasteiger partial charge is 0.231 e. The number of carbonyl (C=O) groups excluding carboxylic acids is 1. The van der Waals surface area contributed by atoms with Crippen LogP contribution < -0.4 is 14.8 Å². The van der Waals surface area contributed by atoms with Crippen molar-refractivity contribution in [3.8, 4) is 11.5 Å². The molecule has 1 atom stereocenters. The van der Waals surface area contributed by atoms with Gasteiger partial charge < -0.3 is 14.8 Å². The van der Waals surface area contributed by atoms with Crippen LogP contribution in [0.15, 0.2) is 48.5 Å². The van der Waals surface area contributed by atoms with E-state index in [1.165, 1.54) is 0 Å². The van der Waals surface area contributed by atoms with Crippen molar-refractivity contribution >= 4 is 11.6 Å². The summed E-state index contributed by atoms with van der Waals surface area (Å²) < 4.78 is 10.4. The van der Waals surface area contributed by atoms with Gasteiger partial charge in [0, 0.05) is 6.07 Å². The maximum Gasteiger partial charge on any atom is 0.231 e. The second-order valence-electron chi connectivity index (χ2n) is 4.69. The quantitative estimate of drug-likeness (QED) is 0.915. The number of ether oxygens (including phenoxy) is 2. The summed E-state index contributed by atoms with van der Waals surface area (Å²) in [5.74, 6) is 0.937. The third-order valence-corrected chi connectivity index (χ3v) is 3.36. The van der Waals surface area contributed by atoms with Crippen molar-refractivity contribution in [3.05, 3.63) is 54.1 Å². The SMILES string of the molecule is COc1ccc(NC(=O)C(C)c2ccccc2)c(OC)c1. The minimum atomic E-state index is -0.238. The van der Waals surface area contributed by atoms with E-state index in [9.17, 15) is 4.79 Å². The first-order valence-electron chi connectivity index (χ1n) is 6.73. The van der Waals surface area contributed by atoms with E-state index in [1.54, 1.807) is 32.4 Å². The molecule has 0 saturated carbocycles. The van der Waals surface area contributed by atoms with E-state index in [2.05, 4.69) is 5.32 Å². The Hall–Kier alpha value is -2.49. The van der Waals surface area contributed by atoms with Crippen molar-refractivity contribution in [2.24, 2.45) is 0 Å². The molecule has 2 rings (SSSR count). The van der Waals surface area contributed by atoms with Crippen molar-refractivity contribution in [1.29, 1.82) is 0 Å². The molecule has 4 heteroatoms. The lowest BCUT2D eigenvalue weighted by Gasteiger charge is -2.15. The number of anilines is 1. The Morgan fingerprint density at radius 3 is 2.38 bits per heavy atom. The first-order chi connectivity index (χ1) is 10.2. The summed E-state index contributed by atoms with van der Waals surface area (Å²) in [6, 6.07) is 15.0. The summed E-state index contributed by atoms with van der Waals surface area (Å²) >= 11 is 0. The average molecular weight is 285 g/mol. The van der Waals surface area contributed by atoms with Crippen molar-refractivity contribution < 1.29 is 14.3 Å². The fourth-order valence-corrected chi connectivity index (χ4v) is 2.04. The van der Waals surface area contributed by atoms with Gasteiger partial charge in [-0.25, -0.2) is 0 Å². The number of rotatable bonds is 5. The van der Waals surface area contributed by atoms with Gasteiger partial charge in [0.25, 0.3) is 0 Å². The second kappa shape index (κ2) is 6.79. The van der Waals surface area contributed by atoms with Crippen molar-refractivity contribution in [2.45, 2.75) is 12.8 Å². The van der Waals surface area contributed by atoms with Gasteiger partial charge in [0.05, 0.1) is 25.8 Å². The summed E-state index contributed by atoms with van der Waals surface area (Å²) in [6.45, 7) is 1.88. The Kier molecular flexibility index (Phi) is 4.82. The highest BCUT2D eigenvalue weighted by atomic mass is 16.5. The molecule has 0 saturated heterocycles. The van der Waals surface area contributed by atoms with Gasteiger partial charge >= 0.3 is 0 Å². The highest BCUT2D eigenvalue weighted by Crippen LogP contribution is 2.30. The van der Waals surface area contributed by atoms with Gasteiger partial charge in [0.1, 0.15) is 11.5 Å². The third-order valence-electron chi connectivity index (χ3n) is 3.36. The minimum absolute atomic E-state index is 0.0790. The first kappa shape index (κ1) is 14.9. The maximum absolute atomic E-state index is 12.3. The van der Waals surface area contributed by atoms with E-state index in [-0.39, 0.29) is 11.8 Å². The van der Waals surface area contributed by atoms with E-state index in [1.807, 2.05) is 37.3 Å². The lowest BCUT2D eigenvalue weighted by Crippen LogP contribution is -2.19. The van der Waals surface area contributed by atoms with Crippen molar-refractivity contribution in [2.75, 3.05) is 19.5 Å². The fraction of sp³-hybridized carbons (Fsp3) is 0.235. The van der Waals surface area contributed by atoms with E-state index >= 15 is 0 Å². The van der Waals surface area contributed by atoms with E-state index in [4.69, 9.17) is 9.47 Å². The highest BCUT2D eigenvalue weighted by Gasteiger charge is 2.16. The molecule has 1 amide bonds.